The maximum atomic E-state index is 11.8. The Bertz CT molecular complexity index is 769. The first kappa shape index (κ1) is 16.4. The lowest BCUT2D eigenvalue weighted by Crippen LogP contribution is -2.37. The molecule has 1 aromatic carbocycles. The van der Waals surface area contributed by atoms with Gasteiger partial charge in [0.2, 0.25) is 11.8 Å². The second-order valence-corrected chi connectivity index (χ2v) is 6.95. The van der Waals surface area contributed by atoms with E-state index in [1.807, 2.05) is 36.2 Å². The van der Waals surface area contributed by atoms with Gasteiger partial charge in [0, 0.05) is 16.1 Å². The molecule has 0 spiro atoms. The van der Waals surface area contributed by atoms with E-state index in [0.29, 0.717) is 25.1 Å². The summed E-state index contributed by atoms with van der Waals surface area (Å²) in [6.45, 7) is 0.700. The molecule has 0 atom stereocenters. The highest BCUT2D eigenvalue weighted by atomic mass is 79.9. The second-order valence-electron chi connectivity index (χ2n) is 5.68. The van der Waals surface area contributed by atoms with Crippen molar-refractivity contribution in [3.05, 3.63) is 33.6 Å². The highest BCUT2D eigenvalue weighted by molar-refractivity contribution is 9.10. The molecule has 0 aliphatic heterocycles. The van der Waals surface area contributed by atoms with E-state index in [0.717, 1.165) is 22.9 Å². The molecule has 8 heteroatoms. The molecule has 0 bridgehead atoms. The van der Waals surface area contributed by atoms with E-state index >= 15 is 0 Å². The van der Waals surface area contributed by atoms with Crippen LogP contribution in [0.1, 0.15) is 12.8 Å². The van der Waals surface area contributed by atoms with Crippen molar-refractivity contribution in [1.29, 1.82) is 0 Å². The Labute approximate surface area is 147 Å². The Kier molecular flexibility index (Phi) is 4.93. The number of amides is 1. The van der Waals surface area contributed by atoms with Crippen molar-refractivity contribution in [3.63, 3.8) is 0 Å². The Morgan fingerprint density at radius 3 is 3.04 bits per heavy atom. The first-order valence-corrected chi connectivity index (χ1v) is 8.53. The van der Waals surface area contributed by atoms with E-state index in [-0.39, 0.29) is 10.7 Å². The van der Waals surface area contributed by atoms with Gasteiger partial charge in [-0.05, 0) is 50.3 Å². The van der Waals surface area contributed by atoms with Gasteiger partial charge in [0.25, 0.3) is 4.84 Å². The predicted molar refractivity (Wildman–Crippen MR) is 92.3 cm³/mol. The lowest BCUT2D eigenvalue weighted by atomic mass is 10.2. The van der Waals surface area contributed by atoms with Crippen molar-refractivity contribution >= 4 is 34.1 Å². The SMILES string of the molecule is CN(CC(=O)NC1CC1)Cn1nc(-c2cccc(Br)c2)oc1=S. The molecule has 1 fully saturated rings. The van der Waals surface area contributed by atoms with Gasteiger partial charge in [-0.1, -0.05) is 22.0 Å². The third kappa shape index (κ3) is 4.49. The van der Waals surface area contributed by atoms with Crippen LogP contribution < -0.4 is 5.32 Å². The average molecular weight is 397 g/mol. The number of benzene rings is 1. The van der Waals surface area contributed by atoms with Crippen LogP contribution in [0.15, 0.2) is 33.2 Å². The number of hydrogen-bond donors (Lipinski definition) is 1. The number of nitrogens with one attached hydrogen (secondary N) is 1. The molecule has 0 unspecified atom stereocenters. The summed E-state index contributed by atoms with van der Waals surface area (Å²) in [5, 5.41) is 7.35. The fourth-order valence-electron chi connectivity index (χ4n) is 2.16. The Balaban J connectivity index is 1.66. The molecule has 1 aliphatic rings. The molecule has 0 saturated heterocycles. The van der Waals surface area contributed by atoms with Crippen LogP contribution in [0.3, 0.4) is 0 Å². The molecule has 1 aromatic heterocycles. The van der Waals surface area contributed by atoms with Crippen molar-refractivity contribution in [3.8, 4) is 11.5 Å². The summed E-state index contributed by atoms with van der Waals surface area (Å²) >= 11 is 8.63. The molecule has 0 radical (unpaired) electrons. The van der Waals surface area contributed by atoms with Gasteiger partial charge in [-0.2, -0.15) is 0 Å². The third-order valence-corrected chi connectivity index (χ3v) is 4.20. The molecule has 1 aliphatic carbocycles. The summed E-state index contributed by atoms with van der Waals surface area (Å²) < 4.78 is 8.08. The minimum Gasteiger partial charge on any atom is -0.409 e. The van der Waals surface area contributed by atoms with E-state index in [4.69, 9.17) is 16.6 Å². The average Bonchev–Trinajstić information content (AvgIpc) is 3.21. The number of carbonyl (C=O) groups is 1. The van der Waals surface area contributed by atoms with Crippen LogP contribution in [0.4, 0.5) is 0 Å². The van der Waals surface area contributed by atoms with Gasteiger partial charge in [-0.3, -0.25) is 9.69 Å². The summed E-state index contributed by atoms with van der Waals surface area (Å²) in [4.78, 5) is 13.9. The monoisotopic (exact) mass is 396 g/mol. The van der Waals surface area contributed by atoms with Gasteiger partial charge >= 0.3 is 0 Å². The second kappa shape index (κ2) is 6.94. The normalized spacial score (nSPS) is 14.2. The smallest absolute Gasteiger partial charge is 0.288 e. The van der Waals surface area contributed by atoms with E-state index in [2.05, 4.69) is 26.3 Å². The summed E-state index contributed by atoms with van der Waals surface area (Å²) in [5.74, 6) is 0.490. The zero-order chi connectivity index (χ0) is 16.4. The van der Waals surface area contributed by atoms with E-state index < -0.39 is 0 Å². The molecular weight excluding hydrogens is 380 g/mol. The molecular formula is C15H17BrN4O2S. The third-order valence-electron chi connectivity index (χ3n) is 3.41. The quantitative estimate of drug-likeness (QED) is 0.760. The Morgan fingerprint density at radius 2 is 2.35 bits per heavy atom. The first-order chi connectivity index (χ1) is 11.0. The number of halogens is 1. The maximum absolute atomic E-state index is 11.8. The number of hydrogen-bond acceptors (Lipinski definition) is 5. The van der Waals surface area contributed by atoms with Crippen molar-refractivity contribution in [2.75, 3.05) is 13.6 Å². The fourth-order valence-corrected chi connectivity index (χ4v) is 2.74. The highest BCUT2D eigenvalue weighted by Gasteiger charge is 2.23. The number of carbonyl (C=O) groups excluding carboxylic acids is 1. The van der Waals surface area contributed by atoms with Crippen molar-refractivity contribution in [2.24, 2.45) is 0 Å². The minimum atomic E-state index is 0.0252. The largest absolute Gasteiger partial charge is 0.409 e. The van der Waals surface area contributed by atoms with Gasteiger partial charge in [0.05, 0.1) is 13.2 Å². The molecule has 2 aromatic rings. The molecule has 6 nitrogen and oxygen atoms in total. The zero-order valence-corrected chi connectivity index (χ0v) is 15.1. The Morgan fingerprint density at radius 1 is 1.57 bits per heavy atom. The summed E-state index contributed by atoms with van der Waals surface area (Å²) in [5.41, 5.74) is 0.846. The summed E-state index contributed by atoms with van der Waals surface area (Å²) in [6, 6.07) is 8.03. The van der Waals surface area contributed by atoms with Crippen LogP contribution in [-0.2, 0) is 11.5 Å². The van der Waals surface area contributed by atoms with Crippen LogP contribution in [0, 0.1) is 4.84 Å². The number of aromatic nitrogens is 2. The van der Waals surface area contributed by atoms with Gasteiger partial charge in [0.1, 0.15) is 0 Å². The number of rotatable bonds is 6. The lowest BCUT2D eigenvalue weighted by Gasteiger charge is -2.15. The van der Waals surface area contributed by atoms with Gasteiger partial charge in [-0.25, -0.2) is 4.68 Å². The van der Waals surface area contributed by atoms with Crippen LogP contribution in [0.5, 0.6) is 0 Å². The van der Waals surface area contributed by atoms with E-state index in [1.54, 1.807) is 4.68 Å². The van der Waals surface area contributed by atoms with E-state index in [9.17, 15) is 4.79 Å². The topological polar surface area (TPSA) is 63.3 Å². The summed E-state index contributed by atoms with van der Waals surface area (Å²) in [7, 11) is 1.85. The maximum Gasteiger partial charge on any atom is 0.288 e. The van der Waals surface area contributed by atoms with Gasteiger partial charge in [-0.15, -0.1) is 5.10 Å². The highest BCUT2D eigenvalue weighted by Crippen LogP contribution is 2.22. The van der Waals surface area contributed by atoms with Crippen molar-refractivity contribution in [2.45, 2.75) is 25.6 Å². The van der Waals surface area contributed by atoms with Crippen molar-refractivity contribution in [1.82, 2.24) is 20.0 Å². The molecule has 1 heterocycles. The standard InChI is InChI=1S/C15H17BrN4O2S/c1-19(8-13(21)17-12-5-6-12)9-20-15(23)22-14(18-20)10-3-2-4-11(16)7-10/h2-4,7,12H,5-6,8-9H2,1H3,(H,17,21). The molecule has 1 amide bonds. The molecule has 23 heavy (non-hydrogen) atoms. The number of nitrogens with zero attached hydrogens (tertiary/aromatic N) is 3. The molecule has 1 saturated carbocycles. The summed E-state index contributed by atoms with van der Waals surface area (Å²) in [6.07, 6.45) is 2.17. The molecule has 3 rings (SSSR count). The lowest BCUT2D eigenvalue weighted by molar-refractivity contribution is -0.122. The van der Waals surface area contributed by atoms with Crippen LogP contribution in [0.25, 0.3) is 11.5 Å². The van der Waals surface area contributed by atoms with E-state index in [1.165, 1.54) is 0 Å². The van der Waals surface area contributed by atoms with Gasteiger partial charge < -0.3 is 9.73 Å². The minimum absolute atomic E-state index is 0.0252. The Hall–Kier alpha value is -1.51. The molecule has 1 N–H and O–H groups in total. The van der Waals surface area contributed by atoms with Crippen molar-refractivity contribution < 1.29 is 9.21 Å². The van der Waals surface area contributed by atoms with Crippen LogP contribution in [-0.4, -0.2) is 40.2 Å². The first-order valence-electron chi connectivity index (χ1n) is 7.33. The number of likely N-dealkylation sites (N-methyl/N-ethyl adjacent to an activating group) is 1. The zero-order valence-electron chi connectivity index (χ0n) is 12.7. The molecule has 122 valence electrons. The van der Waals surface area contributed by atoms with Gasteiger partial charge in [0.15, 0.2) is 0 Å². The van der Waals surface area contributed by atoms with Crippen LogP contribution in [0.2, 0.25) is 0 Å². The van der Waals surface area contributed by atoms with Crippen LogP contribution >= 0.6 is 28.1 Å². The predicted octanol–water partition coefficient (Wildman–Crippen LogP) is 2.80. The fraction of sp³-hybridized carbons (Fsp3) is 0.400.